The Kier molecular flexibility index (Phi) is 7.31. The van der Waals surface area contributed by atoms with Crippen LogP contribution in [0.5, 0.6) is 0 Å². The lowest BCUT2D eigenvalue weighted by Gasteiger charge is -2.25. The molecule has 1 saturated heterocycles. The molecule has 0 aromatic heterocycles. The molecule has 1 aromatic carbocycles. The highest BCUT2D eigenvalue weighted by atomic mass is 35.5. The third kappa shape index (κ3) is 6.55. The van der Waals surface area contributed by atoms with E-state index in [1.807, 2.05) is 0 Å². The van der Waals surface area contributed by atoms with Gasteiger partial charge in [-0.1, -0.05) is 23.2 Å². The predicted octanol–water partition coefficient (Wildman–Crippen LogP) is 4.57. The van der Waals surface area contributed by atoms with Gasteiger partial charge in [-0.25, -0.2) is 0 Å². The molecular weight excluding hydrogens is 396 g/mol. The third-order valence-electron chi connectivity index (χ3n) is 3.85. The number of thioether (sulfide) groups is 1. The molecule has 0 bridgehead atoms. The maximum absolute atomic E-state index is 12.6. The van der Waals surface area contributed by atoms with E-state index >= 15 is 0 Å². The van der Waals surface area contributed by atoms with Crippen molar-refractivity contribution in [2.24, 2.45) is 0 Å². The van der Waals surface area contributed by atoms with E-state index in [0.29, 0.717) is 41.0 Å². The molecule has 1 atom stereocenters. The number of benzene rings is 1. The average molecular weight is 415 g/mol. The Morgan fingerprint density at radius 2 is 1.96 bits per heavy atom. The highest BCUT2D eigenvalue weighted by Crippen LogP contribution is 2.33. The van der Waals surface area contributed by atoms with Crippen molar-refractivity contribution in [3.05, 3.63) is 28.2 Å². The molecule has 0 spiro atoms. The number of carbonyl (C=O) groups is 1. The van der Waals surface area contributed by atoms with Crippen LogP contribution in [0.25, 0.3) is 0 Å². The number of amides is 1. The summed E-state index contributed by atoms with van der Waals surface area (Å²) in [6.45, 7) is 2.15. The first-order chi connectivity index (χ1) is 11.7. The van der Waals surface area contributed by atoms with Gasteiger partial charge in [0.15, 0.2) is 0 Å². The molecule has 1 aliphatic heterocycles. The Bertz CT molecular complexity index is 616. The van der Waals surface area contributed by atoms with Crippen molar-refractivity contribution in [3.8, 4) is 0 Å². The summed E-state index contributed by atoms with van der Waals surface area (Å²) in [7, 11) is 0. The molecule has 1 heterocycles. The molecule has 2 rings (SSSR count). The van der Waals surface area contributed by atoms with Gasteiger partial charge in [0.1, 0.15) is 0 Å². The van der Waals surface area contributed by atoms with E-state index in [9.17, 15) is 18.0 Å². The Hall–Kier alpha value is -0.630. The topological polar surface area (TPSA) is 23.6 Å². The minimum absolute atomic E-state index is 0.102. The number of hydrogen-bond acceptors (Lipinski definition) is 3. The van der Waals surface area contributed by atoms with Gasteiger partial charge in [-0.2, -0.15) is 13.2 Å². The van der Waals surface area contributed by atoms with Crippen LogP contribution in [0.15, 0.2) is 23.1 Å². The molecule has 0 radical (unpaired) electrons. The van der Waals surface area contributed by atoms with Gasteiger partial charge in [0.2, 0.25) is 5.91 Å². The summed E-state index contributed by atoms with van der Waals surface area (Å²) in [5.74, 6) is -0.102. The fraction of sp³-hybridized carbons (Fsp3) is 0.562. The van der Waals surface area contributed by atoms with Crippen molar-refractivity contribution < 1.29 is 18.0 Å². The lowest BCUT2D eigenvalue weighted by molar-refractivity contribution is -0.145. The zero-order valence-corrected chi connectivity index (χ0v) is 16.0. The summed E-state index contributed by atoms with van der Waals surface area (Å²) >= 11 is 13.4. The molecule has 1 unspecified atom stereocenters. The summed E-state index contributed by atoms with van der Waals surface area (Å²) in [6, 6.07) is 5.04. The van der Waals surface area contributed by atoms with Crippen LogP contribution in [-0.2, 0) is 4.79 Å². The van der Waals surface area contributed by atoms with Crippen LogP contribution in [0, 0.1) is 0 Å². The fourth-order valence-corrected chi connectivity index (χ4v) is 4.16. The van der Waals surface area contributed by atoms with Crippen LogP contribution in [0.1, 0.15) is 13.3 Å². The molecule has 3 nitrogen and oxygen atoms in total. The highest BCUT2D eigenvalue weighted by Gasteiger charge is 2.32. The first kappa shape index (κ1) is 20.7. The van der Waals surface area contributed by atoms with E-state index in [1.54, 1.807) is 30.0 Å². The zero-order valence-electron chi connectivity index (χ0n) is 13.7. The normalized spacial score (nSPS) is 18.1. The van der Waals surface area contributed by atoms with Gasteiger partial charge >= 0.3 is 6.18 Å². The van der Waals surface area contributed by atoms with E-state index in [4.69, 9.17) is 23.2 Å². The Labute approximate surface area is 159 Å². The Morgan fingerprint density at radius 3 is 2.64 bits per heavy atom. The first-order valence-corrected chi connectivity index (χ1v) is 9.49. The van der Waals surface area contributed by atoms with Gasteiger partial charge in [0.05, 0.1) is 16.8 Å². The lowest BCUT2D eigenvalue weighted by Crippen LogP contribution is -2.40. The van der Waals surface area contributed by atoms with Crippen molar-refractivity contribution in [2.45, 2.75) is 29.7 Å². The second-order valence-electron chi connectivity index (χ2n) is 5.90. The van der Waals surface area contributed by atoms with E-state index in [1.165, 1.54) is 16.7 Å². The quantitative estimate of drug-likeness (QED) is 0.674. The van der Waals surface area contributed by atoms with Crippen LogP contribution in [0.3, 0.4) is 0 Å². The van der Waals surface area contributed by atoms with Gasteiger partial charge < -0.3 is 4.90 Å². The number of halogens is 5. The molecule has 1 amide bonds. The van der Waals surface area contributed by atoms with Gasteiger partial charge in [0.25, 0.3) is 0 Å². The molecule has 25 heavy (non-hydrogen) atoms. The molecule has 0 N–H and O–H groups in total. The van der Waals surface area contributed by atoms with E-state index in [2.05, 4.69) is 0 Å². The van der Waals surface area contributed by atoms with E-state index < -0.39 is 18.0 Å². The highest BCUT2D eigenvalue weighted by molar-refractivity contribution is 8.00. The maximum Gasteiger partial charge on any atom is 0.401 e. The summed E-state index contributed by atoms with van der Waals surface area (Å²) < 4.78 is 37.6. The smallest absolute Gasteiger partial charge is 0.340 e. The predicted molar refractivity (Wildman–Crippen MR) is 95.5 cm³/mol. The number of alkyl halides is 3. The van der Waals surface area contributed by atoms with Crippen LogP contribution in [-0.4, -0.2) is 59.9 Å². The lowest BCUT2D eigenvalue weighted by atomic mass is 10.3. The van der Waals surface area contributed by atoms with Crippen molar-refractivity contribution >= 4 is 40.9 Å². The molecular formula is C16H19Cl2F3N2OS. The Morgan fingerprint density at radius 1 is 1.24 bits per heavy atom. The minimum Gasteiger partial charge on any atom is -0.340 e. The third-order valence-corrected chi connectivity index (χ3v) is 5.67. The number of carbonyl (C=O) groups excluding carboxylic acids is 1. The average Bonchev–Trinajstić information content (AvgIpc) is 2.74. The van der Waals surface area contributed by atoms with Crippen LogP contribution >= 0.6 is 35.0 Å². The maximum atomic E-state index is 12.6. The van der Waals surface area contributed by atoms with Crippen molar-refractivity contribution in [3.63, 3.8) is 0 Å². The monoisotopic (exact) mass is 414 g/mol. The molecule has 140 valence electrons. The number of nitrogens with zero attached hydrogens (tertiary/aromatic N) is 2. The second-order valence-corrected chi connectivity index (χ2v) is 8.13. The van der Waals surface area contributed by atoms with Crippen molar-refractivity contribution in [2.75, 3.05) is 32.7 Å². The molecule has 0 aliphatic carbocycles. The van der Waals surface area contributed by atoms with Crippen LogP contribution in [0.2, 0.25) is 10.0 Å². The molecule has 1 aliphatic rings. The molecule has 9 heteroatoms. The summed E-state index contributed by atoms with van der Waals surface area (Å²) in [5.41, 5.74) is 0. The number of hydrogen-bond donors (Lipinski definition) is 0. The number of rotatable bonds is 4. The van der Waals surface area contributed by atoms with E-state index in [-0.39, 0.29) is 12.5 Å². The minimum atomic E-state index is -4.22. The molecule has 1 aromatic rings. The van der Waals surface area contributed by atoms with E-state index in [0.717, 1.165) is 0 Å². The summed E-state index contributed by atoms with van der Waals surface area (Å²) in [6.07, 6.45) is -3.69. The standard InChI is InChI=1S/C16H19Cl2F3N2OS/c1-11(25-14-9-12(17)3-4-13(14)18)15(24)23-6-2-5-22(7-8-23)10-16(19,20)21/h3-4,9,11H,2,5-8,10H2,1H3. The van der Waals surface area contributed by atoms with Crippen LogP contribution < -0.4 is 0 Å². The first-order valence-electron chi connectivity index (χ1n) is 7.85. The second kappa shape index (κ2) is 8.84. The Balaban J connectivity index is 1.94. The van der Waals surface area contributed by atoms with Crippen LogP contribution in [0.4, 0.5) is 13.2 Å². The van der Waals surface area contributed by atoms with Gasteiger partial charge in [-0.15, -0.1) is 11.8 Å². The fourth-order valence-electron chi connectivity index (χ4n) is 2.67. The molecule has 1 fully saturated rings. The van der Waals surface area contributed by atoms with Gasteiger partial charge in [-0.3, -0.25) is 9.69 Å². The SMILES string of the molecule is CC(Sc1cc(Cl)ccc1Cl)C(=O)N1CCCN(CC(F)(F)F)CC1. The largest absolute Gasteiger partial charge is 0.401 e. The van der Waals surface area contributed by atoms with Gasteiger partial charge in [-0.05, 0) is 31.5 Å². The van der Waals surface area contributed by atoms with Gasteiger partial charge in [0, 0.05) is 36.1 Å². The summed E-state index contributed by atoms with van der Waals surface area (Å²) in [4.78, 5) is 16.3. The summed E-state index contributed by atoms with van der Waals surface area (Å²) in [5, 5.41) is 0.649. The zero-order chi connectivity index (χ0) is 18.6. The molecule has 0 saturated carbocycles. The van der Waals surface area contributed by atoms with Crippen molar-refractivity contribution in [1.29, 1.82) is 0 Å². The van der Waals surface area contributed by atoms with Crippen molar-refractivity contribution in [1.82, 2.24) is 9.80 Å².